The van der Waals surface area contributed by atoms with Crippen molar-refractivity contribution in [3.63, 3.8) is 0 Å². The second kappa shape index (κ2) is 5.42. The third kappa shape index (κ3) is 2.08. The standard InChI is InChI=1S/C20H17N3O3/c24-18-20(21-19(25)23(18)14-9-5-2-6-10-14)11-15-16(12-20)26-22-17(15)13-7-3-1-4-8-13/h1-10,15-16H,11-12H2,(H,21,25)/t15-,16+,20+/m0/s1. The number of anilines is 1. The third-order valence-corrected chi connectivity index (χ3v) is 5.45. The highest BCUT2D eigenvalue weighted by Crippen LogP contribution is 2.45. The number of nitrogens with zero attached hydrogens (tertiary/aromatic N) is 2. The lowest BCUT2D eigenvalue weighted by atomic mass is 9.91. The Labute approximate surface area is 150 Å². The molecule has 1 saturated carbocycles. The van der Waals surface area contributed by atoms with Gasteiger partial charge in [-0.2, -0.15) is 0 Å². The van der Waals surface area contributed by atoms with Crippen LogP contribution in [0.15, 0.2) is 65.8 Å². The number of carbonyl (C=O) groups excluding carboxylic acids is 2. The maximum atomic E-state index is 13.2. The van der Waals surface area contributed by atoms with Crippen molar-refractivity contribution in [3.8, 4) is 0 Å². The van der Waals surface area contributed by atoms with E-state index in [1.165, 1.54) is 4.90 Å². The number of benzene rings is 2. The van der Waals surface area contributed by atoms with Gasteiger partial charge in [0.25, 0.3) is 5.91 Å². The van der Waals surface area contributed by atoms with Crippen molar-refractivity contribution in [1.82, 2.24) is 5.32 Å². The molecule has 1 spiro atoms. The molecule has 0 bridgehead atoms. The van der Waals surface area contributed by atoms with Crippen LogP contribution in [0.3, 0.4) is 0 Å². The zero-order valence-corrected chi connectivity index (χ0v) is 14.0. The molecule has 3 atom stereocenters. The van der Waals surface area contributed by atoms with Crippen LogP contribution in [0.2, 0.25) is 0 Å². The number of fused-ring (bicyclic) bond motifs is 1. The number of urea groups is 1. The van der Waals surface area contributed by atoms with Crippen LogP contribution in [0, 0.1) is 5.92 Å². The van der Waals surface area contributed by atoms with Gasteiger partial charge < -0.3 is 10.2 Å². The number of amides is 3. The minimum Gasteiger partial charge on any atom is -0.391 e. The molecule has 6 heteroatoms. The minimum absolute atomic E-state index is 0.00243. The lowest BCUT2D eigenvalue weighted by Crippen LogP contribution is -2.45. The molecular weight excluding hydrogens is 330 g/mol. The SMILES string of the molecule is O=C1N[C@@]2(C[C@@H]3C(c4ccccc4)=NO[C@@H]3C2)C(=O)N1c1ccccc1. The average Bonchev–Trinajstić information content (AvgIpc) is 3.28. The summed E-state index contributed by atoms with van der Waals surface area (Å²) in [6, 6.07) is 18.5. The summed E-state index contributed by atoms with van der Waals surface area (Å²) in [5.74, 6) is -0.212. The highest BCUT2D eigenvalue weighted by molar-refractivity contribution is 6.23. The fraction of sp³-hybridized carbons (Fsp3) is 0.250. The molecule has 0 radical (unpaired) electrons. The van der Waals surface area contributed by atoms with E-state index in [9.17, 15) is 9.59 Å². The van der Waals surface area contributed by atoms with Crippen LogP contribution in [0.5, 0.6) is 0 Å². The minimum atomic E-state index is -0.918. The van der Waals surface area contributed by atoms with E-state index >= 15 is 0 Å². The van der Waals surface area contributed by atoms with E-state index in [4.69, 9.17) is 4.84 Å². The monoisotopic (exact) mass is 347 g/mol. The van der Waals surface area contributed by atoms with Crippen LogP contribution in [0.25, 0.3) is 0 Å². The molecule has 6 nitrogen and oxygen atoms in total. The van der Waals surface area contributed by atoms with Crippen LogP contribution in [-0.2, 0) is 9.63 Å². The molecule has 2 heterocycles. The lowest BCUT2D eigenvalue weighted by Gasteiger charge is -2.21. The van der Waals surface area contributed by atoms with Gasteiger partial charge in [0.05, 0.1) is 11.4 Å². The number of hydrogen-bond donors (Lipinski definition) is 1. The molecule has 2 aromatic rings. The van der Waals surface area contributed by atoms with E-state index < -0.39 is 5.54 Å². The normalized spacial score (nSPS) is 29.5. The first-order valence-electron chi connectivity index (χ1n) is 8.69. The van der Waals surface area contributed by atoms with Crippen LogP contribution in [-0.4, -0.2) is 29.3 Å². The van der Waals surface area contributed by atoms with Gasteiger partial charge >= 0.3 is 6.03 Å². The number of carbonyl (C=O) groups is 2. The number of nitrogens with one attached hydrogen (secondary N) is 1. The molecule has 1 N–H and O–H groups in total. The summed E-state index contributed by atoms with van der Waals surface area (Å²) in [6.45, 7) is 0. The highest BCUT2D eigenvalue weighted by atomic mass is 16.6. The Morgan fingerprint density at radius 3 is 2.42 bits per heavy atom. The van der Waals surface area contributed by atoms with Crippen molar-refractivity contribution in [2.24, 2.45) is 11.1 Å². The predicted molar refractivity (Wildman–Crippen MR) is 95.8 cm³/mol. The molecular formula is C20H17N3O3. The van der Waals surface area contributed by atoms with Crippen molar-refractivity contribution in [3.05, 3.63) is 66.2 Å². The van der Waals surface area contributed by atoms with E-state index in [2.05, 4.69) is 10.5 Å². The van der Waals surface area contributed by atoms with E-state index in [0.29, 0.717) is 18.5 Å². The number of oxime groups is 1. The Balaban J connectivity index is 1.45. The summed E-state index contributed by atoms with van der Waals surface area (Å²) in [5.41, 5.74) is 1.52. The van der Waals surface area contributed by atoms with Crippen molar-refractivity contribution >= 4 is 23.3 Å². The fourth-order valence-electron chi connectivity index (χ4n) is 4.24. The van der Waals surface area contributed by atoms with Crippen LogP contribution in [0.4, 0.5) is 10.5 Å². The van der Waals surface area contributed by atoms with Gasteiger partial charge in [0, 0.05) is 12.3 Å². The van der Waals surface area contributed by atoms with Gasteiger partial charge in [-0.05, 0) is 24.1 Å². The molecule has 1 saturated heterocycles. The zero-order valence-electron chi connectivity index (χ0n) is 14.0. The van der Waals surface area contributed by atoms with Gasteiger partial charge in [-0.15, -0.1) is 0 Å². The number of hydrogen-bond acceptors (Lipinski definition) is 4. The zero-order chi connectivity index (χ0) is 17.7. The summed E-state index contributed by atoms with van der Waals surface area (Å²) >= 11 is 0. The smallest absolute Gasteiger partial charge is 0.329 e. The lowest BCUT2D eigenvalue weighted by molar-refractivity contribution is -0.122. The first kappa shape index (κ1) is 15.1. The average molecular weight is 347 g/mol. The van der Waals surface area contributed by atoms with Crippen LogP contribution < -0.4 is 10.2 Å². The number of rotatable bonds is 2. The van der Waals surface area contributed by atoms with Crippen LogP contribution >= 0.6 is 0 Å². The van der Waals surface area contributed by atoms with Gasteiger partial charge in [-0.25, -0.2) is 9.69 Å². The molecule has 1 aliphatic carbocycles. The van der Waals surface area contributed by atoms with Gasteiger partial charge in [0.15, 0.2) is 0 Å². The van der Waals surface area contributed by atoms with Gasteiger partial charge in [-0.3, -0.25) is 4.79 Å². The maximum Gasteiger partial charge on any atom is 0.329 e. The fourth-order valence-corrected chi connectivity index (χ4v) is 4.24. The molecule has 130 valence electrons. The molecule has 2 aromatic carbocycles. The Hall–Kier alpha value is -3.15. The second-order valence-corrected chi connectivity index (χ2v) is 6.99. The quantitative estimate of drug-likeness (QED) is 0.849. The summed E-state index contributed by atoms with van der Waals surface area (Å²) in [7, 11) is 0. The molecule has 5 rings (SSSR count). The van der Waals surface area contributed by atoms with E-state index in [0.717, 1.165) is 11.3 Å². The van der Waals surface area contributed by atoms with Gasteiger partial charge in [0.1, 0.15) is 11.6 Å². The number of para-hydroxylation sites is 1. The predicted octanol–water partition coefficient (Wildman–Crippen LogP) is 2.69. The van der Waals surface area contributed by atoms with Crippen LogP contribution in [0.1, 0.15) is 18.4 Å². The van der Waals surface area contributed by atoms with Crippen molar-refractivity contribution in [2.75, 3.05) is 4.90 Å². The third-order valence-electron chi connectivity index (χ3n) is 5.45. The van der Waals surface area contributed by atoms with Crippen molar-refractivity contribution in [1.29, 1.82) is 0 Å². The molecule has 2 aliphatic heterocycles. The topological polar surface area (TPSA) is 71.0 Å². The second-order valence-electron chi connectivity index (χ2n) is 6.99. The largest absolute Gasteiger partial charge is 0.391 e. The van der Waals surface area contributed by atoms with E-state index in [1.807, 2.05) is 48.5 Å². The Morgan fingerprint density at radius 1 is 1.00 bits per heavy atom. The van der Waals surface area contributed by atoms with Gasteiger partial charge in [-0.1, -0.05) is 53.7 Å². The first-order chi connectivity index (χ1) is 12.7. The maximum absolute atomic E-state index is 13.2. The number of imide groups is 1. The van der Waals surface area contributed by atoms with Gasteiger partial charge in [0.2, 0.25) is 0 Å². The first-order valence-corrected chi connectivity index (χ1v) is 8.69. The van der Waals surface area contributed by atoms with Crippen molar-refractivity contribution in [2.45, 2.75) is 24.5 Å². The molecule has 3 aliphatic rings. The summed E-state index contributed by atoms with van der Waals surface area (Å²) < 4.78 is 0. The Kier molecular flexibility index (Phi) is 3.16. The van der Waals surface area contributed by atoms with E-state index in [-0.39, 0.29) is 24.0 Å². The van der Waals surface area contributed by atoms with E-state index in [1.54, 1.807) is 12.1 Å². The Morgan fingerprint density at radius 2 is 1.69 bits per heavy atom. The Bertz CT molecular complexity index is 912. The summed E-state index contributed by atoms with van der Waals surface area (Å²) in [5, 5.41) is 7.18. The molecule has 0 unspecified atom stereocenters. The molecule has 0 aromatic heterocycles. The molecule has 2 fully saturated rings. The summed E-state index contributed by atoms with van der Waals surface area (Å²) in [6.07, 6.45) is 0.746. The molecule has 3 amide bonds. The van der Waals surface area contributed by atoms with Crippen molar-refractivity contribution < 1.29 is 14.4 Å². The highest BCUT2D eigenvalue weighted by Gasteiger charge is 2.61. The summed E-state index contributed by atoms with van der Waals surface area (Å²) in [4.78, 5) is 32.6. The molecule has 26 heavy (non-hydrogen) atoms.